The Morgan fingerprint density at radius 1 is 1.19 bits per heavy atom. The molecule has 0 amide bonds. The highest BCUT2D eigenvalue weighted by Crippen LogP contribution is 2.40. The van der Waals surface area contributed by atoms with E-state index < -0.39 is 9.84 Å². The highest BCUT2D eigenvalue weighted by molar-refractivity contribution is 7.92. The molecule has 1 aliphatic carbocycles. The first-order chi connectivity index (χ1) is 9.89. The molecule has 1 aliphatic heterocycles. The van der Waals surface area contributed by atoms with E-state index in [0.717, 1.165) is 32.2 Å². The van der Waals surface area contributed by atoms with Gasteiger partial charge in [0.2, 0.25) is 0 Å². The monoisotopic (exact) mass is 317 g/mol. The van der Waals surface area contributed by atoms with Crippen molar-refractivity contribution in [1.82, 2.24) is 5.32 Å². The Labute approximate surface area is 129 Å². The molecular formula is C16H31NO3S. The Kier molecular flexibility index (Phi) is 5.71. The quantitative estimate of drug-likeness (QED) is 0.846. The Morgan fingerprint density at radius 3 is 2.48 bits per heavy atom. The van der Waals surface area contributed by atoms with Gasteiger partial charge in [-0.3, -0.25) is 0 Å². The molecule has 1 heterocycles. The highest BCUT2D eigenvalue weighted by Gasteiger charge is 2.47. The van der Waals surface area contributed by atoms with Crippen molar-refractivity contribution >= 4 is 9.84 Å². The molecule has 2 atom stereocenters. The first-order valence-corrected chi connectivity index (χ1v) is 10.0. The summed E-state index contributed by atoms with van der Waals surface area (Å²) in [7, 11) is -3.08. The topological polar surface area (TPSA) is 55.4 Å². The first kappa shape index (κ1) is 17.2. The van der Waals surface area contributed by atoms with E-state index in [-0.39, 0.29) is 22.0 Å². The van der Waals surface area contributed by atoms with Gasteiger partial charge in [0, 0.05) is 19.3 Å². The Bertz CT molecular complexity index is 427. The summed E-state index contributed by atoms with van der Waals surface area (Å²) in [5, 5.41) is 3.12. The molecule has 0 aromatic heterocycles. The van der Waals surface area contributed by atoms with Crippen molar-refractivity contribution in [1.29, 1.82) is 0 Å². The maximum atomic E-state index is 13.1. The van der Waals surface area contributed by atoms with E-state index in [9.17, 15) is 8.42 Å². The summed E-state index contributed by atoms with van der Waals surface area (Å²) >= 11 is 0. The molecule has 1 N–H and O–H groups in total. The number of rotatable bonds is 5. The van der Waals surface area contributed by atoms with E-state index in [1.807, 2.05) is 0 Å². The molecule has 4 nitrogen and oxygen atoms in total. The largest absolute Gasteiger partial charge is 0.381 e. The van der Waals surface area contributed by atoms with Crippen molar-refractivity contribution in [3.8, 4) is 0 Å². The van der Waals surface area contributed by atoms with Crippen molar-refractivity contribution in [2.24, 2.45) is 5.41 Å². The molecule has 0 bridgehead atoms. The molecule has 2 aliphatic rings. The first-order valence-electron chi connectivity index (χ1n) is 8.43. The fourth-order valence-electron chi connectivity index (χ4n) is 3.90. The molecule has 1 saturated heterocycles. The third-order valence-electron chi connectivity index (χ3n) is 5.19. The maximum absolute atomic E-state index is 13.1. The van der Waals surface area contributed by atoms with Gasteiger partial charge in [-0.25, -0.2) is 8.42 Å². The van der Waals surface area contributed by atoms with Gasteiger partial charge in [0.15, 0.2) is 9.84 Å². The molecule has 5 heteroatoms. The zero-order valence-electron chi connectivity index (χ0n) is 13.7. The normalized spacial score (nSPS) is 31.2. The molecule has 2 rings (SSSR count). The minimum absolute atomic E-state index is 0.0519. The predicted molar refractivity (Wildman–Crippen MR) is 86.3 cm³/mol. The average molecular weight is 317 g/mol. The van der Waals surface area contributed by atoms with Crippen LogP contribution in [0.5, 0.6) is 0 Å². The molecule has 2 fully saturated rings. The summed E-state index contributed by atoms with van der Waals surface area (Å²) in [5.41, 5.74) is 0.0519. The van der Waals surface area contributed by atoms with Crippen LogP contribution in [0.2, 0.25) is 0 Å². The minimum Gasteiger partial charge on any atom is -0.381 e. The van der Waals surface area contributed by atoms with Crippen LogP contribution in [0.15, 0.2) is 0 Å². The van der Waals surface area contributed by atoms with Crippen LogP contribution in [0, 0.1) is 5.41 Å². The van der Waals surface area contributed by atoms with E-state index in [4.69, 9.17) is 4.74 Å². The van der Waals surface area contributed by atoms with Crippen LogP contribution in [0.25, 0.3) is 0 Å². The summed E-state index contributed by atoms with van der Waals surface area (Å²) in [6, 6.07) is 0.0824. The van der Waals surface area contributed by atoms with Gasteiger partial charge in [-0.05, 0) is 44.1 Å². The molecular weight excluding hydrogens is 286 g/mol. The number of nitrogens with one attached hydrogen (secondary N) is 1. The van der Waals surface area contributed by atoms with Crippen molar-refractivity contribution in [2.75, 3.05) is 19.8 Å². The minimum atomic E-state index is -3.08. The predicted octanol–water partition coefficient (Wildman–Crippen LogP) is 2.53. The van der Waals surface area contributed by atoms with E-state index >= 15 is 0 Å². The second kappa shape index (κ2) is 6.97. The molecule has 0 aromatic carbocycles. The van der Waals surface area contributed by atoms with Gasteiger partial charge in [-0.15, -0.1) is 0 Å². The summed E-state index contributed by atoms with van der Waals surface area (Å²) < 4.78 is 31.5. The molecule has 2 unspecified atom stereocenters. The SMILES string of the molecule is CCCNC1C(S(=O)(=O)C2CCOCC2)CCCC1(C)C. The van der Waals surface area contributed by atoms with Crippen molar-refractivity contribution in [3.05, 3.63) is 0 Å². The molecule has 124 valence electrons. The molecule has 0 aromatic rings. The lowest BCUT2D eigenvalue weighted by Gasteiger charge is -2.45. The lowest BCUT2D eigenvalue weighted by atomic mass is 9.73. The van der Waals surface area contributed by atoms with Gasteiger partial charge in [0.05, 0.1) is 10.5 Å². The summed E-state index contributed by atoms with van der Waals surface area (Å²) in [6.07, 6.45) is 5.30. The second-order valence-electron chi connectivity index (χ2n) is 7.25. The molecule has 0 spiro atoms. The zero-order valence-corrected chi connectivity index (χ0v) is 14.5. The molecule has 0 radical (unpaired) electrons. The average Bonchev–Trinajstić information content (AvgIpc) is 2.46. The zero-order chi connectivity index (χ0) is 15.5. The number of hydrogen-bond donors (Lipinski definition) is 1. The maximum Gasteiger partial charge on any atom is 0.157 e. The van der Waals surface area contributed by atoms with Crippen molar-refractivity contribution < 1.29 is 13.2 Å². The second-order valence-corrected chi connectivity index (χ2v) is 9.70. The Hall–Kier alpha value is -0.130. The van der Waals surface area contributed by atoms with E-state index in [1.165, 1.54) is 0 Å². The fraction of sp³-hybridized carbons (Fsp3) is 1.00. The molecule has 1 saturated carbocycles. The van der Waals surface area contributed by atoms with E-state index in [2.05, 4.69) is 26.1 Å². The van der Waals surface area contributed by atoms with E-state index in [0.29, 0.717) is 26.1 Å². The Morgan fingerprint density at radius 2 is 1.86 bits per heavy atom. The summed E-state index contributed by atoms with van der Waals surface area (Å²) in [4.78, 5) is 0. The third-order valence-corrected chi connectivity index (χ3v) is 7.95. The summed E-state index contributed by atoms with van der Waals surface area (Å²) in [6.45, 7) is 8.64. The van der Waals surface area contributed by atoms with Crippen LogP contribution in [-0.2, 0) is 14.6 Å². The van der Waals surface area contributed by atoms with Gasteiger partial charge in [-0.1, -0.05) is 27.2 Å². The fourth-order valence-corrected chi connectivity index (χ4v) is 6.58. The van der Waals surface area contributed by atoms with Crippen LogP contribution in [0.1, 0.15) is 59.3 Å². The van der Waals surface area contributed by atoms with Crippen LogP contribution in [0.3, 0.4) is 0 Å². The van der Waals surface area contributed by atoms with Gasteiger partial charge >= 0.3 is 0 Å². The summed E-state index contributed by atoms with van der Waals surface area (Å²) in [5.74, 6) is 0. The number of sulfone groups is 1. The van der Waals surface area contributed by atoms with Crippen LogP contribution in [-0.4, -0.2) is 44.7 Å². The lowest BCUT2D eigenvalue weighted by Crippen LogP contribution is -2.57. The number of hydrogen-bond acceptors (Lipinski definition) is 4. The van der Waals surface area contributed by atoms with Gasteiger partial charge in [0.25, 0.3) is 0 Å². The Balaban J connectivity index is 2.20. The molecule has 21 heavy (non-hydrogen) atoms. The van der Waals surface area contributed by atoms with Gasteiger partial charge in [0.1, 0.15) is 0 Å². The third kappa shape index (κ3) is 3.80. The highest BCUT2D eigenvalue weighted by atomic mass is 32.2. The van der Waals surface area contributed by atoms with Crippen LogP contribution >= 0.6 is 0 Å². The van der Waals surface area contributed by atoms with Crippen molar-refractivity contribution in [2.45, 2.75) is 75.8 Å². The smallest absolute Gasteiger partial charge is 0.157 e. The van der Waals surface area contributed by atoms with Crippen LogP contribution < -0.4 is 5.32 Å². The van der Waals surface area contributed by atoms with E-state index in [1.54, 1.807) is 0 Å². The number of ether oxygens (including phenoxy) is 1. The standard InChI is InChI=1S/C16H31NO3S/c1-4-10-17-15-14(6-5-9-16(15,2)3)21(18,19)13-7-11-20-12-8-13/h13-15,17H,4-12H2,1-3H3. The van der Waals surface area contributed by atoms with Crippen molar-refractivity contribution in [3.63, 3.8) is 0 Å². The van der Waals surface area contributed by atoms with Gasteiger partial charge in [-0.2, -0.15) is 0 Å². The van der Waals surface area contributed by atoms with Gasteiger partial charge < -0.3 is 10.1 Å². The van der Waals surface area contributed by atoms with Crippen LogP contribution in [0.4, 0.5) is 0 Å². The lowest BCUT2D eigenvalue weighted by molar-refractivity contribution is 0.0973.